The second kappa shape index (κ2) is 10.2. The summed E-state index contributed by atoms with van der Waals surface area (Å²) in [6.45, 7) is 1.81. The Labute approximate surface area is 250 Å². The molecule has 42 heavy (non-hydrogen) atoms. The van der Waals surface area contributed by atoms with Gasteiger partial charge in [-0.3, -0.25) is 19.2 Å². The zero-order valence-electron chi connectivity index (χ0n) is 22.6. The molecule has 0 atom stereocenters. The van der Waals surface area contributed by atoms with Gasteiger partial charge in [0.1, 0.15) is 17.0 Å². The molecule has 10 heteroatoms. The fourth-order valence-electron chi connectivity index (χ4n) is 5.11. The average Bonchev–Trinajstić information content (AvgIpc) is 3.74. The van der Waals surface area contributed by atoms with E-state index in [9.17, 15) is 9.59 Å². The number of aromatic nitrogens is 4. The number of anilines is 1. The first-order valence-electron chi connectivity index (χ1n) is 13.2. The lowest BCUT2D eigenvalue weighted by Gasteiger charge is -2.12. The molecule has 0 unspecified atom stereocenters. The van der Waals surface area contributed by atoms with E-state index in [-0.39, 0.29) is 21.5 Å². The van der Waals surface area contributed by atoms with Crippen LogP contribution in [-0.2, 0) is 11.8 Å². The first-order valence-corrected chi connectivity index (χ1v) is 14.4. The first-order chi connectivity index (χ1) is 20.4. The number of amides is 1. The highest BCUT2D eigenvalue weighted by molar-refractivity contribution is 8.27. The van der Waals surface area contributed by atoms with Crippen molar-refractivity contribution in [3.63, 3.8) is 0 Å². The Balaban J connectivity index is 1.33. The Morgan fingerprint density at radius 1 is 0.905 bits per heavy atom. The van der Waals surface area contributed by atoms with E-state index in [0.29, 0.717) is 33.3 Å². The summed E-state index contributed by atoms with van der Waals surface area (Å²) in [5.41, 5.74) is 4.12. The minimum absolute atomic E-state index is 0.241. The van der Waals surface area contributed by atoms with Crippen molar-refractivity contribution >= 4 is 56.9 Å². The van der Waals surface area contributed by atoms with Gasteiger partial charge in [-0.05, 0) is 49.4 Å². The van der Waals surface area contributed by atoms with Crippen molar-refractivity contribution < 1.29 is 9.21 Å². The summed E-state index contributed by atoms with van der Waals surface area (Å²) in [6, 6.07) is 28.7. The van der Waals surface area contributed by atoms with Crippen molar-refractivity contribution in [2.24, 2.45) is 7.05 Å². The Morgan fingerprint density at radius 3 is 2.29 bits per heavy atom. The van der Waals surface area contributed by atoms with Gasteiger partial charge in [-0.15, -0.1) is 0 Å². The Morgan fingerprint density at radius 2 is 1.57 bits per heavy atom. The molecule has 4 heterocycles. The average molecular weight is 590 g/mol. The molecule has 1 saturated heterocycles. The quantitative estimate of drug-likeness (QED) is 0.169. The standard InChI is InChI=1S/C32H23N5O3S2/c1-20-29(31(39)37(34(20)2)24-14-7-4-8-15-24)36-30(38)27(42-32(36)41)18-22-19-35(23-12-5-3-6-13-23)33-28(22)26-17-21-11-9-10-16-25(21)40-26/h3-19H,1-2H3/b27-18-. The summed E-state index contributed by atoms with van der Waals surface area (Å²) in [6.07, 6.45) is 3.63. The van der Waals surface area contributed by atoms with Crippen LogP contribution in [0.4, 0.5) is 5.69 Å². The largest absolute Gasteiger partial charge is 0.454 e. The topological polar surface area (TPSA) is 78.2 Å². The Hall–Kier alpha value is -4.93. The molecule has 1 amide bonds. The number of benzene rings is 3. The van der Waals surface area contributed by atoms with E-state index in [0.717, 1.165) is 28.4 Å². The van der Waals surface area contributed by atoms with Crippen LogP contribution in [0, 0.1) is 6.92 Å². The van der Waals surface area contributed by atoms with E-state index in [2.05, 4.69) is 0 Å². The number of nitrogens with zero attached hydrogens (tertiary/aromatic N) is 5. The van der Waals surface area contributed by atoms with Gasteiger partial charge in [0.2, 0.25) is 0 Å². The van der Waals surface area contributed by atoms with Crippen LogP contribution < -0.4 is 10.5 Å². The van der Waals surface area contributed by atoms with Gasteiger partial charge in [-0.2, -0.15) is 5.10 Å². The second-order valence-electron chi connectivity index (χ2n) is 9.79. The summed E-state index contributed by atoms with van der Waals surface area (Å²) >= 11 is 6.82. The predicted octanol–water partition coefficient (Wildman–Crippen LogP) is 6.49. The molecule has 3 aromatic heterocycles. The van der Waals surface area contributed by atoms with Crippen molar-refractivity contribution in [3.05, 3.63) is 124 Å². The molecule has 0 bridgehead atoms. The van der Waals surface area contributed by atoms with E-state index < -0.39 is 0 Å². The van der Waals surface area contributed by atoms with Gasteiger partial charge < -0.3 is 4.42 Å². The van der Waals surface area contributed by atoms with Crippen LogP contribution in [0.3, 0.4) is 0 Å². The molecule has 1 aliphatic rings. The molecule has 1 fully saturated rings. The highest BCUT2D eigenvalue weighted by Crippen LogP contribution is 2.38. The van der Waals surface area contributed by atoms with Gasteiger partial charge in [0.25, 0.3) is 11.5 Å². The number of hydrogen-bond acceptors (Lipinski definition) is 6. The fourth-order valence-corrected chi connectivity index (χ4v) is 6.37. The number of carbonyl (C=O) groups is 1. The molecule has 7 rings (SSSR count). The molecule has 0 N–H and O–H groups in total. The number of hydrogen-bond donors (Lipinski definition) is 0. The summed E-state index contributed by atoms with van der Waals surface area (Å²) in [5.74, 6) is 0.219. The van der Waals surface area contributed by atoms with Crippen LogP contribution in [0.2, 0.25) is 0 Å². The van der Waals surface area contributed by atoms with Gasteiger partial charge >= 0.3 is 0 Å². The number of furan rings is 1. The van der Waals surface area contributed by atoms with Crippen LogP contribution in [0.15, 0.2) is 111 Å². The van der Waals surface area contributed by atoms with Gasteiger partial charge in [0.15, 0.2) is 10.1 Å². The monoisotopic (exact) mass is 589 g/mol. The minimum atomic E-state index is -0.362. The summed E-state index contributed by atoms with van der Waals surface area (Å²) in [5, 5.41) is 5.79. The maximum atomic E-state index is 13.9. The molecule has 0 spiro atoms. The highest BCUT2D eigenvalue weighted by atomic mass is 32.2. The number of rotatable bonds is 5. The van der Waals surface area contributed by atoms with Gasteiger partial charge in [-0.25, -0.2) is 9.36 Å². The van der Waals surface area contributed by atoms with E-state index in [1.807, 2.05) is 104 Å². The van der Waals surface area contributed by atoms with E-state index >= 15 is 0 Å². The Bertz CT molecular complexity index is 2070. The minimum Gasteiger partial charge on any atom is -0.454 e. The Kier molecular flexibility index (Phi) is 6.29. The van der Waals surface area contributed by atoms with Crippen molar-refractivity contribution in [1.29, 1.82) is 0 Å². The summed E-state index contributed by atoms with van der Waals surface area (Å²) in [4.78, 5) is 29.3. The van der Waals surface area contributed by atoms with Crippen molar-refractivity contribution in [2.45, 2.75) is 6.92 Å². The van der Waals surface area contributed by atoms with Crippen molar-refractivity contribution in [1.82, 2.24) is 19.1 Å². The molecule has 8 nitrogen and oxygen atoms in total. The van der Waals surface area contributed by atoms with E-state index in [1.165, 1.54) is 9.58 Å². The van der Waals surface area contributed by atoms with E-state index in [1.54, 1.807) is 22.5 Å². The van der Waals surface area contributed by atoms with Crippen LogP contribution >= 0.6 is 24.0 Å². The number of thiocarbonyl (C=S) groups is 1. The predicted molar refractivity (Wildman–Crippen MR) is 170 cm³/mol. The van der Waals surface area contributed by atoms with Crippen LogP contribution in [-0.4, -0.2) is 29.4 Å². The summed E-state index contributed by atoms with van der Waals surface area (Å²) < 4.78 is 11.5. The molecule has 206 valence electrons. The number of thioether (sulfide) groups is 1. The molecular weight excluding hydrogens is 567 g/mol. The molecule has 6 aromatic rings. The third kappa shape index (κ3) is 4.23. The smallest absolute Gasteiger partial charge is 0.296 e. The number of carbonyl (C=O) groups excluding carboxylic acids is 1. The third-order valence-electron chi connectivity index (χ3n) is 7.25. The maximum Gasteiger partial charge on any atom is 0.296 e. The lowest BCUT2D eigenvalue weighted by Crippen LogP contribution is -2.33. The van der Waals surface area contributed by atoms with Crippen molar-refractivity contribution in [3.8, 4) is 22.8 Å². The van der Waals surface area contributed by atoms with Gasteiger partial charge in [0, 0.05) is 24.2 Å². The normalized spacial score (nSPS) is 14.5. The maximum absolute atomic E-state index is 13.9. The zero-order chi connectivity index (χ0) is 29.0. The SMILES string of the molecule is Cc1c(N2C(=O)/C(=C/c3cn(-c4ccccc4)nc3-c3cc4ccccc4o3)SC2=S)c(=O)n(-c2ccccc2)n1C. The lowest BCUT2D eigenvalue weighted by molar-refractivity contribution is -0.113. The van der Waals surface area contributed by atoms with Gasteiger partial charge in [-0.1, -0.05) is 78.6 Å². The van der Waals surface area contributed by atoms with Crippen LogP contribution in [0.1, 0.15) is 11.3 Å². The van der Waals surface area contributed by atoms with Crippen LogP contribution in [0.25, 0.3) is 39.9 Å². The van der Waals surface area contributed by atoms with E-state index in [4.69, 9.17) is 21.7 Å². The van der Waals surface area contributed by atoms with Gasteiger partial charge in [0.05, 0.1) is 22.0 Å². The molecule has 1 aliphatic heterocycles. The molecule has 0 aliphatic carbocycles. The molecule has 0 saturated carbocycles. The lowest BCUT2D eigenvalue weighted by atomic mass is 10.1. The van der Waals surface area contributed by atoms with Crippen LogP contribution in [0.5, 0.6) is 0 Å². The summed E-state index contributed by atoms with van der Waals surface area (Å²) in [7, 11) is 1.79. The second-order valence-corrected chi connectivity index (χ2v) is 11.5. The highest BCUT2D eigenvalue weighted by Gasteiger charge is 2.38. The third-order valence-corrected chi connectivity index (χ3v) is 8.55. The molecule has 3 aromatic carbocycles. The zero-order valence-corrected chi connectivity index (χ0v) is 24.2. The molecule has 0 radical (unpaired) electrons. The first kappa shape index (κ1) is 26.0. The fraction of sp³-hybridized carbons (Fsp3) is 0.0625. The number of fused-ring (bicyclic) bond motifs is 1. The molecular formula is C32H23N5O3S2. The number of para-hydroxylation sites is 3. The van der Waals surface area contributed by atoms with Crippen molar-refractivity contribution in [2.75, 3.05) is 4.90 Å².